The summed E-state index contributed by atoms with van der Waals surface area (Å²) in [6.45, 7) is 16.6. The molecule has 0 aliphatic rings. The zero-order valence-electron chi connectivity index (χ0n) is 13.8. The van der Waals surface area contributed by atoms with Crippen LogP contribution in [0.5, 0.6) is 0 Å². The Balaban J connectivity index is 5.18. The monoisotopic (exact) mass is 265 g/mol. The molecule has 0 saturated carbocycles. The van der Waals surface area contributed by atoms with E-state index in [1.54, 1.807) is 0 Å². The molecular weight excluding hydrogens is 234 g/mol. The standard InChI is InChI=1S/C16H31N3/c1-9-14(6)19(11-3)12-16(18(7)8)17-15(10-2)13(4)5/h10,14H,2,9,11-12H2,1,3-8H3. The minimum atomic E-state index is 0.578. The van der Waals surface area contributed by atoms with Gasteiger partial charge >= 0.3 is 0 Å². The third-order valence-corrected chi connectivity index (χ3v) is 3.44. The van der Waals surface area contributed by atoms with Crippen molar-refractivity contribution >= 4 is 5.84 Å². The minimum Gasteiger partial charge on any atom is -0.365 e. The lowest BCUT2D eigenvalue weighted by molar-refractivity contribution is 0.239. The first kappa shape index (κ1) is 17.9. The molecule has 1 unspecified atom stereocenters. The van der Waals surface area contributed by atoms with Crippen LogP contribution in [0, 0.1) is 0 Å². The maximum atomic E-state index is 4.76. The summed E-state index contributed by atoms with van der Waals surface area (Å²) in [6, 6.07) is 0.578. The topological polar surface area (TPSA) is 18.8 Å². The molecule has 3 nitrogen and oxygen atoms in total. The highest BCUT2D eigenvalue weighted by atomic mass is 15.2. The molecule has 3 heteroatoms. The number of allylic oxidation sites excluding steroid dienone is 2. The van der Waals surface area contributed by atoms with Crippen molar-refractivity contribution in [2.45, 2.75) is 47.1 Å². The van der Waals surface area contributed by atoms with E-state index in [-0.39, 0.29) is 0 Å². The third-order valence-electron chi connectivity index (χ3n) is 3.44. The summed E-state index contributed by atoms with van der Waals surface area (Å²) in [7, 11) is 4.10. The second kappa shape index (κ2) is 8.92. The maximum Gasteiger partial charge on any atom is 0.119 e. The summed E-state index contributed by atoms with van der Waals surface area (Å²) in [6.07, 6.45) is 2.99. The highest BCUT2D eigenvalue weighted by molar-refractivity contribution is 5.85. The Morgan fingerprint density at radius 1 is 1.26 bits per heavy atom. The van der Waals surface area contributed by atoms with Gasteiger partial charge in [0.25, 0.3) is 0 Å². The van der Waals surface area contributed by atoms with E-state index < -0.39 is 0 Å². The van der Waals surface area contributed by atoms with Gasteiger partial charge in [0.15, 0.2) is 0 Å². The van der Waals surface area contributed by atoms with Crippen molar-refractivity contribution in [2.24, 2.45) is 4.99 Å². The molecule has 0 bridgehead atoms. The summed E-state index contributed by atoms with van der Waals surface area (Å²) in [5, 5.41) is 0. The van der Waals surface area contributed by atoms with Gasteiger partial charge in [-0.3, -0.25) is 4.90 Å². The molecule has 0 amide bonds. The largest absolute Gasteiger partial charge is 0.365 e. The number of likely N-dealkylation sites (N-methyl/N-ethyl adjacent to an activating group) is 2. The van der Waals surface area contributed by atoms with Crippen LogP contribution in [-0.4, -0.2) is 48.9 Å². The molecule has 0 N–H and O–H groups in total. The van der Waals surface area contributed by atoms with Gasteiger partial charge in [-0.2, -0.15) is 0 Å². The normalized spacial score (nSPS) is 13.4. The fraction of sp³-hybridized carbons (Fsp3) is 0.688. The number of rotatable bonds is 7. The van der Waals surface area contributed by atoms with Crippen LogP contribution in [-0.2, 0) is 0 Å². The lowest BCUT2D eigenvalue weighted by atomic mass is 10.2. The molecule has 0 saturated heterocycles. The SMILES string of the molecule is C=CC(N=C(CN(CC)C(C)CC)N(C)C)=C(C)C. The Labute approximate surface area is 119 Å². The second-order valence-corrected chi connectivity index (χ2v) is 5.33. The van der Waals surface area contributed by atoms with E-state index in [4.69, 9.17) is 4.99 Å². The zero-order valence-corrected chi connectivity index (χ0v) is 13.8. The molecule has 19 heavy (non-hydrogen) atoms. The van der Waals surface area contributed by atoms with Crippen LogP contribution in [0.25, 0.3) is 0 Å². The molecule has 0 aromatic heterocycles. The van der Waals surface area contributed by atoms with Crippen molar-refractivity contribution in [3.8, 4) is 0 Å². The van der Waals surface area contributed by atoms with Crippen molar-refractivity contribution < 1.29 is 0 Å². The highest BCUT2D eigenvalue weighted by Crippen LogP contribution is 2.09. The number of nitrogens with zero attached hydrogens (tertiary/aromatic N) is 3. The average Bonchev–Trinajstić information content (AvgIpc) is 2.37. The van der Waals surface area contributed by atoms with Crippen molar-refractivity contribution in [1.82, 2.24) is 9.80 Å². The van der Waals surface area contributed by atoms with E-state index in [1.807, 2.05) is 6.08 Å². The van der Waals surface area contributed by atoms with Gasteiger partial charge in [-0.25, -0.2) is 4.99 Å². The van der Waals surface area contributed by atoms with Crippen LogP contribution in [0.1, 0.15) is 41.0 Å². The molecule has 0 heterocycles. The molecule has 0 aromatic carbocycles. The Hall–Kier alpha value is -1.09. The van der Waals surface area contributed by atoms with Crippen LogP contribution < -0.4 is 0 Å². The summed E-state index contributed by atoms with van der Waals surface area (Å²) in [5.41, 5.74) is 2.17. The first-order valence-corrected chi connectivity index (χ1v) is 7.16. The van der Waals surface area contributed by atoms with Crippen molar-refractivity contribution in [3.63, 3.8) is 0 Å². The van der Waals surface area contributed by atoms with E-state index in [2.05, 4.69) is 65.1 Å². The molecular formula is C16H31N3. The second-order valence-electron chi connectivity index (χ2n) is 5.33. The van der Waals surface area contributed by atoms with Crippen LogP contribution in [0.2, 0.25) is 0 Å². The third kappa shape index (κ3) is 6.06. The summed E-state index contributed by atoms with van der Waals surface area (Å²) >= 11 is 0. The van der Waals surface area contributed by atoms with Gasteiger partial charge in [0.05, 0.1) is 12.2 Å². The minimum absolute atomic E-state index is 0.578. The van der Waals surface area contributed by atoms with E-state index in [9.17, 15) is 0 Å². The lowest BCUT2D eigenvalue weighted by Gasteiger charge is -2.29. The Morgan fingerprint density at radius 2 is 1.84 bits per heavy atom. The number of hydrogen-bond donors (Lipinski definition) is 0. The van der Waals surface area contributed by atoms with E-state index in [1.165, 1.54) is 5.57 Å². The lowest BCUT2D eigenvalue weighted by Crippen LogP contribution is -2.41. The molecule has 110 valence electrons. The van der Waals surface area contributed by atoms with Crippen LogP contribution >= 0.6 is 0 Å². The van der Waals surface area contributed by atoms with Crippen molar-refractivity contribution in [2.75, 3.05) is 27.2 Å². The molecule has 0 radical (unpaired) electrons. The van der Waals surface area contributed by atoms with Gasteiger partial charge < -0.3 is 4.90 Å². The molecule has 0 aliphatic carbocycles. The van der Waals surface area contributed by atoms with Gasteiger partial charge in [0.2, 0.25) is 0 Å². The van der Waals surface area contributed by atoms with E-state index in [0.29, 0.717) is 6.04 Å². The predicted molar refractivity (Wildman–Crippen MR) is 86.7 cm³/mol. The molecule has 0 fully saturated rings. The first-order valence-electron chi connectivity index (χ1n) is 7.16. The van der Waals surface area contributed by atoms with Crippen LogP contribution in [0.3, 0.4) is 0 Å². The van der Waals surface area contributed by atoms with E-state index in [0.717, 1.165) is 31.0 Å². The van der Waals surface area contributed by atoms with Gasteiger partial charge in [-0.05, 0) is 39.8 Å². The Bertz CT molecular complexity index is 336. The van der Waals surface area contributed by atoms with Gasteiger partial charge in [-0.1, -0.05) is 26.0 Å². The first-order chi connectivity index (χ1) is 8.87. The number of aliphatic imine (C=N–C) groups is 1. The number of hydrogen-bond acceptors (Lipinski definition) is 2. The summed E-state index contributed by atoms with van der Waals surface area (Å²) in [4.78, 5) is 9.30. The van der Waals surface area contributed by atoms with E-state index >= 15 is 0 Å². The molecule has 0 rings (SSSR count). The zero-order chi connectivity index (χ0) is 15.0. The van der Waals surface area contributed by atoms with Crippen molar-refractivity contribution in [3.05, 3.63) is 23.9 Å². The number of amidine groups is 1. The molecule has 0 aromatic rings. The van der Waals surface area contributed by atoms with Crippen LogP contribution in [0.4, 0.5) is 0 Å². The molecule has 1 atom stereocenters. The smallest absolute Gasteiger partial charge is 0.119 e. The average molecular weight is 265 g/mol. The molecule has 0 aliphatic heterocycles. The predicted octanol–water partition coefficient (Wildman–Crippen LogP) is 3.55. The Morgan fingerprint density at radius 3 is 2.16 bits per heavy atom. The fourth-order valence-corrected chi connectivity index (χ4v) is 1.80. The summed E-state index contributed by atoms with van der Waals surface area (Å²) < 4.78 is 0. The van der Waals surface area contributed by atoms with Gasteiger partial charge in [0.1, 0.15) is 5.84 Å². The van der Waals surface area contributed by atoms with Crippen molar-refractivity contribution in [1.29, 1.82) is 0 Å². The van der Waals surface area contributed by atoms with Crippen LogP contribution in [0.15, 0.2) is 28.9 Å². The molecule has 0 spiro atoms. The van der Waals surface area contributed by atoms with Gasteiger partial charge in [-0.15, -0.1) is 0 Å². The van der Waals surface area contributed by atoms with Gasteiger partial charge in [0, 0.05) is 20.1 Å². The fourth-order valence-electron chi connectivity index (χ4n) is 1.80. The highest BCUT2D eigenvalue weighted by Gasteiger charge is 2.14. The maximum absolute atomic E-state index is 4.76. The summed E-state index contributed by atoms with van der Waals surface area (Å²) in [5.74, 6) is 1.08. The quantitative estimate of drug-likeness (QED) is 0.398. The Kier molecular flexibility index (Phi) is 8.41.